The highest BCUT2D eigenvalue weighted by molar-refractivity contribution is 5.77. The standard InChI is InChI=1S/C16H21N3O2/c1-12(2)13-4-6-14(7-5-13)21-11-16(20)19(3)10-15-17-8-9-18-15/h4-9,12H,10-11H2,1-3H3,(H,17,18). The molecule has 1 heterocycles. The molecule has 1 amide bonds. The molecule has 0 atom stereocenters. The smallest absolute Gasteiger partial charge is 0.260 e. The van der Waals surface area contributed by atoms with Gasteiger partial charge in [-0.05, 0) is 23.6 Å². The highest BCUT2D eigenvalue weighted by Crippen LogP contribution is 2.18. The number of carbonyl (C=O) groups excluding carboxylic acids is 1. The Bertz CT molecular complexity index is 562. The molecule has 2 aromatic rings. The lowest BCUT2D eigenvalue weighted by atomic mass is 10.0. The summed E-state index contributed by atoms with van der Waals surface area (Å²) in [6, 6.07) is 7.85. The van der Waals surface area contributed by atoms with Crippen LogP contribution >= 0.6 is 0 Å². The second-order valence-corrected chi connectivity index (χ2v) is 5.30. The first kappa shape index (κ1) is 15.1. The van der Waals surface area contributed by atoms with E-state index < -0.39 is 0 Å². The van der Waals surface area contributed by atoms with Gasteiger partial charge >= 0.3 is 0 Å². The third-order valence-corrected chi connectivity index (χ3v) is 3.28. The predicted octanol–water partition coefficient (Wildman–Crippen LogP) is 2.57. The molecule has 0 aliphatic rings. The average molecular weight is 287 g/mol. The van der Waals surface area contributed by atoms with Gasteiger partial charge in [0, 0.05) is 19.4 Å². The molecule has 5 nitrogen and oxygen atoms in total. The van der Waals surface area contributed by atoms with Crippen LogP contribution in [0.1, 0.15) is 31.2 Å². The van der Waals surface area contributed by atoms with Crippen LogP contribution in [0.4, 0.5) is 0 Å². The summed E-state index contributed by atoms with van der Waals surface area (Å²) < 4.78 is 5.52. The fraction of sp³-hybridized carbons (Fsp3) is 0.375. The van der Waals surface area contributed by atoms with Crippen molar-refractivity contribution in [1.82, 2.24) is 14.9 Å². The molecule has 0 spiro atoms. The Hall–Kier alpha value is -2.30. The monoisotopic (exact) mass is 287 g/mol. The van der Waals surface area contributed by atoms with Crippen molar-refractivity contribution < 1.29 is 9.53 Å². The Morgan fingerprint density at radius 3 is 2.62 bits per heavy atom. The SMILES string of the molecule is CC(C)c1ccc(OCC(=O)N(C)Cc2ncc[nH]2)cc1. The summed E-state index contributed by atoms with van der Waals surface area (Å²) in [5, 5.41) is 0. The number of nitrogens with zero attached hydrogens (tertiary/aromatic N) is 2. The van der Waals surface area contributed by atoms with Crippen LogP contribution in [0.15, 0.2) is 36.7 Å². The van der Waals surface area contributed by atoms with E-state index in [2.05, 4.69) is 23.8 Å². The molecular formula is C16H21N3O2. The van der Waals surface area contributed by atoms with Crippen molar-refractivity contribution in [3.05, 3.63) is 48.0 Å². The van der Waals surface area contributed by atoms with E-state index in [4.69, 9.17) is 4.74 Å². The van der Waals surface area contributed by atoms with Crippen molar-refractivity contribution in [3.8, 4) is 5.75 Å². The van der Waals surface area contributed by atoms with E-state index in [1.807, 2.05) is 24.3 Å². The zero-order valence-corrected chi connectivity index (χ0v) is 12.7. The van der Waals surface area contributed by atoms with E-state index in [9.17, 15) is 4.79 Å². The van der Waals surface area contributed by atoms with Gasteiger partial charge in [0.15, 0.2) is 6.61 Å². The second-order valence-electron chi connectivity index (χ2n) is 5.30. The van der Waals surface area contributed by atoms with Gasteiger partial charge in [0.1, 0.15) is 11.6 Å². The molecule has 112 valence electrons. The van der Waals surface area contributed by atoms with Gasteiger partial charge < -0.3 is 14.6 Å². The number of carbonyl (C=O) groups is 1. The van der Waals surface area contributed by atoms with Crippen molar-refractivity contribution in [2.75, 3.05) is 13.7 Å². The van der Waals surface area contributed by atoms with Crippen LogP contribution in [-0.4, -0.2) is 34.4 Å². The van der Waals surface area contributed by atoms with Gasteiger partial charge in [-0.2, -0.15) is 0 Å². The number of amides is 1. The van der Waals surface area contributed by atoms with E-state index in [1.54, 1.807) is 24.3 Å². The molecule has 1 aromatic heterocycles. The zero-order valence-electron chi connectivity index (χ0n) is 12.7. The second kappa shape index (κ2) is 6.92. The summed E-state index contributed by atoms with van der Waals surface area (Å²) in [6.07, 6.45) is 3.40. The Balaban J connectivity index is 1.83. The topological polar surface area (TPSA) is 58.2 Å². The number of rotatable bonds is 6. The summed E-state index contributed by atoms with van der Waals surface area (Å²) in [6.45, 7) is 4.76. The number of aromatic nitrogens is 2. The number of ether oxygens (including phenoxy) is 1. The first-order valence-corrected chi connectivity index (χ1v) is 7.01. The quantitative estimate of drug-likeness (QED) is 0.888. The molecule has 1 aromatic carbocycles. The van der Waals surface area contributed by atoms with Crippen LogP contribution in [-0.2, 0) is 11.3 Å². The largest absolute Gasteiger partial charge is 0.484 e. The van der Waals surface area contributed by atoms with Crippen molar-refractivity contribution in [2.24, 2.45) is 0 Å². The van der Waals surface area contributed by atoms with E-state index in [1.165, 1.54) is 5.56 Å². The third-order valence-electron chi connectivity index (χ3n) is 3.28. The maximum absolute atomic E-state index is 12.0. The average Bonchev–Trinajstić information content (AvgIpc) is 2.98. The number of aromatic amines is 1. The van der Waals surface area contributed by atoms with E-state index >= 15 is 0 Å². The van der Waals surface area contributed by atoms with Crippen molar-refractivity contribution >= 4 is 5.91 Å². The van der Waals surface area contributed by atoms with Gasteiger partial charge in [-0.15, -0.1) is 0 Å². The fourth-order valence-electron chi connectivity index (χ4n) is 1.90. The number of benzene rings is 1. The number of hydrogen-bond donors (Lipinski definition) is 1. The zero-order chi connectivity index (χ0) is 15.2. The van der Waals surface area contributed by atoms with Gasteiger partial charge in [-0.1, -0.05) is 26.0 Å². The summed E-state index contributed by atoms with van der Waals surface area (Å²) in [7, 11) is 1.73. The van der Waals surface area contributed by atoms with Crippen LogP contribution in [0.25, 0.3) is 0 Å². The Labute approximate surface area is 125 Å². The van der Waals surface area contributed by atoms with Crippen LogP contribution in [0.2, 0.25) is 0 Å². The molecule has 0 aliphatic carbocycles. The van der Waals surface area contributed by atoms with E-state index in [0.717, 1.165) is 5.82 Å². The van der Waals surface area contributed by atoms with Crippen LogP contribution in [0, 0.1) is 0 Å². The minimum atomic E-state index is -0.0839. The molecule has 1 N–H and O–H groups in total. The third kappa shape index (κ3) is 4.34. The molecule has 0 saturated carbocycles. The number of H-pyrrole nitrogens is 1. The lowest BCUT2D eigenvalue weighted by molar-refractivity contribution is -0.132. The minimum absolute atomic E-state index is 0.0260. The molecule has 0 aliphatic heterocycles. The van der Waals surface area contributed by atoms with Crippen LogP contribution in [0.3, 0.4) is 0 Å². The highest BCUT2D eigenvalue weighted by Gasteiger charge is 2.11. The molecule has 0 unspecified atom stereocenters. The molecule has 0 fully saturated rings. The summed E-state index contributed by atoms with van der Waals surface area (Å²) in [4.78, 5) is 20.6. The summed E-state index contributed by atoms with van der Waals surface area (Å²) in [5.74, 6) is 1.87. The normalized spacial score (nSPS) is 10.7. The Morgan fingerprint density at radius 2 is 2.05 bits per heavy atom. The lowest BCUT2D eigenvalue weighted by Gasteiger charge is -2.16. The number of nitrogens with one attached hydrogen (secondary N) is 1. The number of imidazole rings is 1. The van der Waals surface area contributed by atoms with Crippen LogP contribution in [0.5, 0.6) is 5.75 Å². The van der Waals surface area contributed by atoms with Crippen molar-refractivity contribution in [2.45, 2.75) is 26.3 Å². The van der Waals surface area contributed by atoms with Crippen molar-refractivity contribution in [3.63, 3.8) is 0 Å². The molecule has 0 saturated heterocycles. The lowest BCUT2D eigenvalue weighted by Crippen LogP contribution is -2.31. The van der Waals surface area contributed by atoms with Crippen LogP contribution < -0.4 is 4.74 Å². The Kier molecular flexibility index (Phi) is 4.98. The first-order chi connectivity index (χ1) is 10.1. The molecule has 21 heavy (non-hydrogen) atoms. The number of hydrogen-bond acceptors (Lipinski definition) is 3. The van der Waals surface area contributed by atoms with Gasteiger partial charge in [0.25, 0.3) is 5.91 Å². The van der Waals surface area contributed by atoms with Gasteiger partial charge in [0.2, 0.25) is 0 Å². The Morgan fingerprint density at radius 1 is 1.33 bits per heavy atom. The summed E-state index contributed by atoms with van der Waals surface area (Å²) >= 11 is 0. The number of likely N-dealkylation sites (N-methyl/N-ethyl adjacent to an activating group) is 1. The predicted molar refractivity (Wildman–Crippen MR) is 81.1 cm³/mol. The first-order valence-electron chi connectivity index (χ1n) is 7.01. The molecule has 5 heteroatoms. The molecule has 0 radical (unpaired) electrons. The van der Waals surface area contributed by atoms with E-state index in [-0.39, 0.29) is 12.5 Å². The van der Waals surface area contributed by atoms with Gasteiger partial charge in [-0.25, -0.2) is 4.98 Å². The maximum atomic E-state index is 12.0. The molecule has 0 bridgehead atoms. The van der Waals surface area contributed by atoms with Crippen molar-refractivity contribution in [1.29, 1.82) is 0 Å². The summed E-state index contributed by atoms with van der Waals surface area (Å²) in [5.41, 5.74) is 1.25. The molecule has 2 rings (SSSR count). The van der Waals surface area contributed by atoms with Gasteiger partial charge in [0.05, 0.1) is 6.54 Å². The fourth-order valence-corrected chi connectivity index (χ4v) is 1.90. The minimum Gasteiger partial charge on any atom is -0.484 e. The van der Waals surface area contributed by atoms with Gasteiger partial charge in [-0.3, -0.25) is 4.79 Å². The highest BCUT2D eigenvalue weighted by atomic mass is 16.5. The van der Waals surface area contributed by atoms with E-state index in [0.29, 0.717) is 18.2 Å². The molecular weight excluding hydrogens is 266 g/mol. The maximum Gasteiger partial charge on any atom is 0.260 e.